The maximum Gasteiger partial charge on any atom is 0.306 e. The van der Waals surface area contributed by atoms with Crippen molar-refractivity contribution in [1.29, 1.82) is 0 Å². The number of esters is 3. The minimum atomic E-state index is -0.763. The Morgan fingerprint density at radius 3 is 0.617 bits per heavy atom. The molecule has 0 aliphatic rings. The molecule has 6 heteroatoms. The Labute approximate surface area is 507 Å². The quantitative estimate of drug-likeness (QED) is 0.0261. The summed E-state index contributed by atoms with van der Waals surface area (Å²) in [4.78, 5) is 38.2. The van der Waals surface area contributed by atoms with Gasteiger partial charge in [0.15, 0.2) is 6.10 Å². The maximum atomic E-state index is 12.9. The molecule has 0 aromatic carbocycles. The Hall–Kier alpha value is -1.85. The Balaban J connectivity index is 3.94. The van der Waals surface area contributed by atoms with Crippen LogP contribution in [0, 0.1) is 0 Å². The van der Waals surface area contributed by atoms with E-state index in [2.05, 4.69) is 32.9 Å². The van der Waals surface area contributed by atoms with Gasteiger partial charge in [-0.05, 0) is 44.9 Å². The number of carbonyl (C=O) groups is 3. The first-order valence-corrected chi connectivity index (χ1v) is 37.2. The van der Waals surface area contributed by atoms with Gasteiger partial charge >= 0.3 is 17.9 Å². The SMILES string of the molecule is CCCCCCCCCC/C=C\CCCCCCCCCCCCCCCCCCCCCCCC(=O)OCC(COC(=O)CCCCCCCCC)OC(=O)CCCCCCCCCCCCCCCCCCCCCCCCC. The summed E-state index contributed by atoms with van der Waals surface area (Å²) in [5.74, 6) is -0.835. The van der Waals surface area contributed by atoms with Crippen LogP contribution in [0.4, 0.5) is 0 Å². The number of carbonyl (C=O) groups excluding carboxylic acids is 3. The van der Waals surface area contributed by atoms with Gasteiger partial charge in [0, 0.05) is 19.3 Å². The molecule has 0 rings (SSSR count). The van der Waals surface area contributed by atoms with Gasteiger partial charge in [-0.3, -0.25) is 14.4 Å². The summed E-state index contributed by atoms with van der Waals surface area (Å²) in [6.45, 7) is 6.69. The van der Waals surface area contributed by atoms with E-state index in [1.807, 2.05) is 0 Å². The first-order chi connectivity index (χ1) is 40.0. The molecular weight excluding hydrogens is 997 g/mol. The highest BCUT2D eigenvalue weighted by molar-refractivity contribution is 5.71. The molecule has 1 unspecified atom stereocenters. The standard InChI is InChI=1S/C75H144O6/c1-4-7-10-13-16-18-20-22-24-26-28-30-32-33-34-35-36-37-38-39-40-41-43-44-46-48-50-52-54-56-59-62-65-68-74(77)80-71-72(70-79-73(76)67-64-61-58-15-12-9-6-3)81-75(78)69-66-63-60-57-55-53-51-49-47-45-42-31-29-27-25-23-21-19-17-14-11-8-5-2/h26,28,72H,4-25,27,29-71H2,1-3H3/b28-26-. The maximum absolute atomic E-state index is 12.9. The molecule has 1 atom stereocenters. The van der Waals surface area contributed by atoms with Crippen molar-refractivity contribution in [2.24, 2.45) is 0 Å². The van der Waals surface area contributed by atoms with E-state index in [0.717, 1.165) is 57.8 Å². The zero-order chi connectivity index (χ0) is 58.5. The van der Waals surface area contributed by atoms with Gasteiger partial charge in [0.1, 0.15) is 13.2 Å². The van der Waals surface area contributed by atoms with E-state index >= 15 is 0 Å². The molecule has 0 fully saturated rings. The molecule has 0 spiro atoms. The second-order valence-corrected chi connectivity index (χ2v) is 25.6. The Bertz CT molecular complexity index is 1260. The van der Waals surface area contributed by atoms with Crippen LogP contribution >= 0.6 is 0 Å². The van der Waals surface area contributed by atoms with Gasteiger partial charge in [0.2, 0.25) is 0 Å². The lowest BCUT2D eigenvalue weighted by atomic mass is 10.0. The smallest absolute Gasteiger partial charge is 0.306 e. The molecule has 0 radical (unpaired) electrons. The number of rotatable bonds is 70. The third-order valence-electron chi connectivity index (χ3n) is 17.3. The van der Waals surface area contributed by atoms with Gasteiger partial charge in [0.05, 0.1) is 0 Å². The van der Waals surface area contributed by atoms with Crippen LogP contribution < -0.4 is 0 Å². The Morgan fingerprint density at radius 2 is 0.407 bits per heavy atom. The molecule has 0 N–H and O–H groups in total. The number of allylic oxidation sites excluding steroid dienone is 2. The highest BCUT2D eigenvalue weighted by Crippen LogP contribution is 2.20. The highest BCUT2D eigenvalue weighted by Gasteiger charge is 2.20. The van der Waals surface area contributed by atoms with Crippen LogP contribution in [-0.4, -0.2) is 37.2 Å². The molecule has 480 valence electrons. The van der Waals surface area contributed by atoms with E-state index in [4.69, 9.17) is 14.2 Å². The first-order valence-electron chi connectivity index (χ1n) is 37.2. The number of hydrogen-bond donors (Lipinski definition) is 0. The van der Waals surface area contributed by atoms with Crippen LogP contribution in [0.2, 0.25) is 0 Å². The zero-order valence-corrected chi connectivity index (χ0v) is 55.4. The minimum absolute atomic E-state index is 0.0625. The largest absolute Gasteiger partial charge is 0.462 e. The van der Waals surface area contributed by atoms with Crippen molar-refractivity contribution in [2.75, 3.05) is 13.2 Å². The summed E-state index contributed by atoms with van der Waals surface area (Å²) in [5.41, 5.74) is 0. The molecule has 0 saturated heterocycles. The van der Waals surface area contributed by atoms with E-state index in [0.29, 0.717) is 19.3 Å². The number of ether oxygens (including phenoxy) is 3. The summed E-state index contributed by atoms with van der Waals surface area (Å²) in [7, 11) is 0. The fourth-order valence-corrected chi connectivity index (χ4v) is 11.7. The van der Waals surface area contributed by atoms with Crippen LogP contribution in [0.5, 0.6) is 0 Å². The fourth-order valence-electron chi connectivity index (χ4n) is 11.7. The second-order valence-electron chi connectivity index (χ2n) is 25.6. The zero-order valence-electron chi connectivity index (χ0n) is 55.4. The van der Waals surface area contributed by atoms with Gasteiger partial charge in [-0.15, -0.1) is 0 Å². The Kier molecular flexibility index (Phi) is 69.0. The van der Waals surface area contributed by atoms with Gasteiger partial charge in [0.25, 0.3) is 0 Å². The molecule has 0 heterocycles. The topological polar surface area (TPSA) is 78.9 Å². The van der Waals surface area contributed by atoms with Crippen LogP contribution in [0.1, 0.15) is 432 Å². The van der Waals surface area contributed by atoms with E-state index < -0.39 is 6.10 Å². The van der Waals surface area contributed by atoms with E-state index in [1.54, 1.807) is 0 Å². The normalized spacial score (nSPS) is 12.0. The third kappa shape index (κ3) is 68.8. The first kappa shape index (κ1) is 79.2. The van der Waals surface area contributed by atoms with Crippen molar-refractivity contribution >= 4 is 17.9 Å². The van der Waals surface area contributed by atoms with Crippen LogP contribution in [-0.2, 0) is 28.6 Å². The molecule has 0 aliphatic carbocycles. The summed E-state index contributed by atoms with van der Waals surface area (Å²) in [6.07, 6.45) is 85.9. The van der Waals surface area contributed by atoms with Crippen molar-refractivity contribution in [1.82, 2.24) is 0 Å². The molecule has 0 amide bonds. The number of hydrogen-bond acceptors (Lipinski definition) is 6. The van der Waals surface area contributed by atoms with Crippen molar-refractivity contribution in [2.45, 2.75) is 438 Å². The lowest BCUT2D eigenvalue weighted by Crippen LogP contribution is -2.30. The van der Waals surface area contributed by atoms with Crippen molar-refractivity contribution in [3.05, 3.63) is 12.2 Å². The van der Waals surface area contributed by atoms with Crippen LogP contribution in [0.25, 0.3) is 0 Å². The van der Waals surface area contributed by atoms with Gasteiger partial charge in [-0.1, -0.05) is 380 Å². The molecule has 0 aromatic rings. The van der Waals surface area contributed by atoms with Crippen molar-refractivity contribution in [3.63, 3.8) is 0 Å². The second kappa shape index (κ2) is 70.6. The predicted octanol–water partition coefficient (Wildman–Crippen LogP) is 25.6. The van der Waals surface area contributed by atoms with Gasteiger partial charge in [-0.2, -0.15) is 0 Å². The monoisotopic (exact) mass is 1140 g/mol. The predicted molar refractivity (Wildman–Crippen MR) is 353 cm³/mol. The summed E-state index contributed by atoms with van der Waals surface area (Å²) < 4.78 is 16.9. The van der Waals surface area contributed by atoms with Gasteiger partial charge < -0.3 is 14.2 Å². The minimum Gasteiger partial charge on any atom is -0.462 e. The molecule has 6 nitrogen and oxygen atoms in total. The third-order valence-corrected chi connectivity index (χ3v) is 17.3. The van der Waals surface area contributed by atoms with Crippen molar-refractivity contribution in [3.8, 4) is 0 Å². The van der Waals surface area contributed by atoms with E-state index in [9.17, 15) is 14.4 Å². The van der Waals surface area contributed by atoms with Crippen molar-refractivity contribution < 1.29 is 28.6 Å². The van der Waals surface area contributed by atoms with Crippen LogP contribution in [0.15, 0.2) is 12.2 Å². The summed E-state index contributed by atoms with van der Waals surface area (Å²) in [6, 6.07) is 0. The lowest BCUT2D eigenvalue weighted by Gasteiger charge is -2.18. The summed E-state index contributed by atoms with van der Waals surface area (Å²) in [5, 5.41) is 0. The molecule has 0 aliphatic heterocycles. The molecule has 0 saturated carbocycles. The molecule has 81 heavy (non-hydrogen) atoms. The number of unbranched alkanes of at least 4 members (excludes halogenated alkanes) is 57. The molecule has 0 bridgehead atoms. The average Bonchev–Trinajstić information content (AvgIpc) is 3.47. The van der Waals surface area contributed by atoms with E-state index in [-0.39, 0.29) is 31.1 Å². The highest BCUT2D eigenvalue weighted by atomic mass is 16.6. The Morgan fingerprint density at radius 1 is 0.235 bits per heavy atom. The molecule has 0 aromatic heterocycles. The van der Waals surface area contributed by atoms with Crippen LogP contribution in [0.3, 0.4) is 0 Å². The average molecular weight is 1140 g/mol. The fraction of sp³-hybridized carbons (Fsp3) is 0.933. The lowest BCUT2D eigenvalue weighted by molar-refractivity contribution is -0.167. The molecular formula is C75H144O6. The summed E-state index contributed by atoms with van der Waals surface area (Å²) >= 11 is 0. The van der Waals surface area contributed by atoms with Gasteiger partial charge in [-0.25, -0.2) is 0 Å². The van der Waals surface area contributed by atoms with E-state index in [1.165, 1.54) is 334 Å².